The van der Waals surface area contributed by atoms with Gasteiger partial charge >= 0.3 is 0 Å². The highest BCUT2D eigenvalue weighted by Gasteiger charge is 2.19. The molecule has 2 rings (SSSR count). The van der Waals surface area contributed by atoms with Crippen molar-refractivity contribution in [3.63, 3.8) is 0 Å². The zero-order valence-corrected chi connectivity index (χ0v) is 9.53. The molecule has 2 heterocycles. The number of amides is 1. The van der Waals surface area contributed by atoms with Crippen LogP contribution in [0.4, 0.5) is 0 Å². The summed E-state index contributed by atoms with van der Waals surface area (Å²) in [6, 6.07) is 3.66. The minimum absolute atomic E-state index is 0.0446. The van der Waals surface area contributed by atoms with Crippen LogP contribution in [0.5, 0.6) is 0 Å². The highest BCUT2D eigenvalue weighted by Crippen LogP contribution is 2.15. The van der Waals surface area contributed by atoms with Gasteiger partial charge in [-0.05, 0) is 44.5 Å². The maximum atomic E-state index is 11.7. The molecule has 1 unspecified atom stereocenters. The fraction of sp³-hybridized carbons (Fsp3) is 0.583. The predicted molar refractivity (Wildman–Crippen MR) is 60.9 cm³/mol. The molecule has 0 bridgehead atoms. The van der Waals surface area contributed by atoms with Crippen LogP contribution in [0.15, 0.2) is 22.8 Å². The summed E-state index contributed by atoms with van der Waals surface area (Å²) in [7, 11) is 0. The first-order valence-electron chi connectivity index (χ1n) is 5.79. The molecule has 0 saturated carbocycles. The van der Waals surface area contributed by atoms with Gasteiger partial charge in [0, 0.05) is 6.42 Å². The smallest absolute Gasteiger partial charge is 0.220 e. The second-order valence-corrected chi connectivity index (χ2v) is 4.37. The van der Waals surface area contributed by atoms with Crippen LogP contribution in [0.1, 0.15) is 31.6 Å². The Balaban J connectivity index is 1.78. The Morgan fingerprint density at radius 3 is 3.25 bits per heavy atom. The van der Waals surface area contributed by atoms with Crippen LogP contribution in [0.2, 0.25) is 0 Å². The molecular weight excluding hydrogens is 204 g/mol. The summed E-state index contributed by atoms with van der Waals surface area (Å²) < 4.78 is 5.24. The molecule has 1 aliphatic rings. The van der Waals surface area contributed by atoms with Crippen molar-refractivity contribution in [3.8, 4) is 0 Å². The van der Waals surface area contributed by atoms with E-state index in [1.165, 1.54) is 0 Å². The van der Waals surface area contributed by atoms with Crippen LogP contribution in [0, 0.1) is 5.92 Å². The molecule has 0 aliphatic carbocycles. The van der Waals surface area contributed by atoms with Gasteiger partial charge in [0.15, 0.2) is 0 Å². The molecule has 0 aromatic carbocycles. The zero-order valence-electron chi connectivity index (χ0n) is 9.53. The number of furan rings is 1. The third-order valence-corrected chi connectivity index (χ3v) is 2.98. The van der Waals surface area contributed by atoms with E-state index in [1.54, 1.807) is 6.26 Å². The van der Waals surface area contributed by atoms with E-state index in [0.717, 1.165) is 25.3 Å². The SMILES string of the molecule is C[C@@H](NC(=O)CC1CCNC1)c1ccco1. The number of nitrogens with one attached hydrogen (secondary N) is 2. The lowest BCUT2D eigenvalue weighted by atomic mass is 10.0. The molecule has 1 aromatic heterocycles. The van der Waals surface area contributed by atoms with Crippen LogP contribution in [0.3, 0.4) is 0 Å². The Morgan fingerprint density at radius 1 is 1.75 bits per heavy atom. The molecule has 2 atom stereocenters. The minimum Gasteiger partial charge on any atom is -0.467 e. The van der Waals surface area contributed by atoms with E-state index < -0.39 is 0 Å². The zero-order chi connectivity index (χ0) is 11.4. The Labute approximate surface area is 95.4 Å². The number of carbonyl (C=O) groups is 1. The van der Waals surface area contributed by atoms with Gasteiger partial charge < -0.3 is 15.1 Å². The monoisotopic (exact) mass is 222 g/mol. The molecule has 2 N–H and O–H groups in total. The number of hydrogen-bond donors (Lipinski definition) is 2. The van der Waals surface area contributed by atoms with Crippen LogP contribution in [-0.2, 0) is 4.79 Å². The van der Waals surface area contributed by atoms with E-state index in [0.29, 0.717) is 12.3 Å². The third kappa shape index (κ3) is 2.85. The van der Waals surface area contributed by atoms with E-state index in [1.807, 2.05) is 19.1 Å². The molecular formula is C12H18N2O2. The average Bonchev–Trinajstić information content (AvgIpc) is 2.88. The lowest BCUT2D eigenvalue weighted by Gasteiger charge is -2.13. The van der Waals surface area contributed by atoms with Gasteiger partial charge in [0.25, 0.3) is 0 Å². The molecule has 1 aromatic rings. The standard InChI is InChI=1S/C12H18N2O2/c1-9(11-3-2-6-16-11)14-12(15)7-10-4-5-13-8-10/h2-3,6,9-10,13H,4-5,7-8H2,1H3,(H,14,15)/t9-,10?/m1/s1. The Kier molecular flexibility index (Phi) is 3.62. The van der Waals surface area contributed by atoms with Crippen molar-refractivity contribution in [1.82, 2.24) is 10.6 Å². The van der Waals surface area contributed by atoms with Gasteiger partial charge in [-0.25, -0.2) is 0 Å². The van der Waals surface area contributed by atoms with Gasteiger partial charge in [0.05, 0.1) is 12.3 Å². The molecule has 88 valence electrons. The maximum absolute atomic E-state index is 11.7. The summed E-state index contributed by atoms with van der Waals surface area (Å²) in [4.78, 5) is 11.7. The fourth-order valence-corrected chi connectivity index (χ4v) is 2.06. The van der Waals surface area contributed by atoms with E-state index in [-0.39, 0.29) is 11.9 Å². The first-order valence-corrected chi connectivity index (χ1v) is 5.79. The van der Waals surface area contributed by atoms with Crippen LogP contribution < -0.4 is 10.6 Å². The molecule has 16 heavy (non-hydrogen) atoms. The normalized spacial score (nSPS) is 21.9. The molecule has 4 nitrogen and oxygen atoms in total. The second-order valence-electron chi connectivity index (χ2n) is 4.37. The molecule has 0 spiro atoms. The molecule has 1 amide bonds. The van der Waals surface area contributed by atoms with Gasteiger partial charge in [-0.1, -0.05) is 0 Å². The van der Waals surface area contributed by atoms with Gasteiger partial charge in [-0.3, -0.25) is 4.79 Å². The van der Waals surface area contributed by atoms with Crippen LogP contribution in [-0.4, -0.2) is 19.0 Å². The Hall–Kier alpha value is -1.29. The van der Waals surface area contributed by atoms with E-state index in [4.69, 9.17) is 4.42 Å². The lowest BCUT2D eigenvalue weighted by molar-refractivity contribution is -0.122. The quantitative estimate of drug-likeness (QED) is 0.811. The largest absolute Gasteiger partial charge is 0.467 e. The number of rotatable bonds is 4. The summed E-state index contributed by atoms with van der Waals surface area (Å²) in [6.45, 7) is 3.93. The lowest BCUT2D eigenvalue weighted by Crippen LogP contribution is -2.28. The predicted octanol–water partition coefficient (Wildman–Crippen LogP) is 1.46. The third-order valence-electron chi connectivity index (χ3n) is 2.98. The van der Waals surface area contributed by atoms with E-state index in [9.17, 15) is 4.79 Å². The first kappa shape index (κ1) is 11.2. The van der Waals surface area contributed by atoms with Gasteiger partial charge in [0.2, 0.25) is 5.91 Å². The highest BCUT2D eigenvalue weighted by atomic mass is 16.3. The van der Waals surface area contributed by atoms with Crippen molar-refractivity contribution < 1.29 is 9.21 Å². The second kappa shape index (κ2) is 5.16. The Bertz CT molecular complexity index is 329. The fourth-order valence-electron chi connectivity index (χ4n) is 2.06. The number of hydrogen-bond acceptors (Lipinski definition) is 3. The minimum atomic E-state index is -0.0446. The molecule has 4 heteroatoms. The van der Waals surface area contributed by atoms with Gasteiger partial charge in [-0.15, -0.1) is 0 Å². The number of carbonyl (C=O) groups excluding carboxylic acids is 1. The van der Waals surface area contributed by atoms with Gasteiger partial charge in [0.1, 0.15) is 5.76 Å². The summed E-state index contributed by atoms with van der Waals surface area (Å²) in [5.41, 5.74) is 0. The molecule has 1 saturated heterocycles. The van der Waals surface area contributed by atoms with E-state index in [2.05, 4.69) is 10.6 Å². The van der Waals surface area contributed by atoms with Crippen molar-refractivity contribution >= 4 is 5.91 Å². The Morgan fingerprint density at radius 2 is 2.62 bits per heavy atom. The summed E-state index contributed by atoms with van der Waals surface area (Å²) in [6.07, 6.45) is 3.33. The highest BCUT2D eigenvalue weighted by molar-refractivity contribution is 5.76. The summed E-state index contributed by atoms with van der Waals surface area (Å²) >= 11 is 0. The maximum Gasteiger partial charge on any atom is 0.220 e. The van der Waals surface area contributed by atoms with Crippen LogP contribution >= 0.6 is 0 Å². The average molecular weight is 222 g/mol. The van der Waals surface area contributed by atoms with Crippen molar-refractivity contribution in [1.29, 1.82) is 0 Å². The van der Waals surface area contributed by atoms with Gasteiger partial charge in [-0.2, -0.15) is 0 Å². The van der Waals surface area contributed by atoms with Crippen molar-refractivity contribution in [2.24, 2.45) is 5.92 Å². The molecule has 1 aliphatic heterocycles. The van der Waals surface area contributed by atoms with Crippen LogP contribution in [0.25, 0.3) is 0 Å². The molecule has 0 radical (unpaired) electrons. The first-order chi connectivity index (χ1) is 7.75. The summed E-state index contributed by atoms with van der Waals surface area (Å²) in [5.74, 6) is 1.40. The molecule has 1 fully saturated rings. The topological polar surface area (TPSA) is 54.3 Å². The van der Waals surface area contributed by atoms with E-state index >= 15 is 0 Å². The van der Waals surface area contributed by atoms with Crippen molar-refractivity contribution in [3.05, 3.63) is 24.2 Å². The summed E-state index contributed by atoms with van der Waals surface area (Å²) in [5, 5.41) is 6.21. The van der Waals surface area contributed by atoms with Crippen molar-refractivity contribution in [2.75, 3.05) is 13.1 Å². The van der Waals surface area contributed by atoms with Crippen molar-refractivity contribution in [2.45, 2.75) is 25.8 Å².